The third-order valence-corrected chi connectivity index (χ3v) is 3.63. The smallest absolute Gasteiger partial charge is 0.0964 e. The molecule has 0 saturated carbocycles. The molecule has 0 unspecified atom stereocenters. The van der Waals surface area contributed by atoms with Gasteiger partial charge in [0.05, 0.1) is 24.1 Å². The highest BCUT2D eigenvalue weighted by Gasteiger charge is 2.36. The molecule has 2 aromatic rings. The standard InChI is InChI=1S/C11H18N8/c1-17(2)10-7-18(6-9-5-13-15-14-9)8-11(10)19-4-3-12-16-19/h3-5,10-11H,6-8H2,1-2H3,(H,13,14,15)/t10-,11+/m1/s1. The Morgan fingerprint density at radius 2 is 2.32 bits per heavy atom. The van der Waals surface area contributed by atoms with Crippen LogP contribution >= 0.6 is 0 Å². The molecule has 1 N–H and O–H groups in total. The van der Waals surface area contributed by atoms with Crippen molar-refractivity contribution in [1.29, 1.82) is 0 Å². The van der Waals surface area contributed by atoms with Gasteiger partial charge in [-0.2, -0.15) is 15.4 Å². The van der Waals surface area contributed by atoms with Gasteiger partial charge in [0.2, 0.25) is 0 Å². The summed E-state index contributed by atoms with van der Waals surface area (Å²) >= 11 is 0. The molecule has 2 atom stereocenters. The van der Waals surface area contributed by atoms with Crippen LogP contribution in [0.1, 0.15) is 11.7 Å². The second kappa shape index (κ2) is 5.06. The summed E-state index contributed by atoms with van der Waals surface area (Å²) in [4.78, 5) is 4.62. The topological polar surface area (TPSA) is 78.8 Å². The molecule has 8 heteroatoms. The number of rotatable bonds is 4. The van der Waals surface area contributed by atoms with Crippen molar-refractivity contribution in [2.75, 3.05) is 27.2 Å². The van der Waals surface area contributed by atoms with E-state index in [0.29, 0.717) is 12.1 Å². The van der Waals surface area contributed by atoms with Crippen LogP contribution in [0.4, 0.5) is 0 Å². The second-order valence-electron chi connectivity index (χ2n) is 5.14. The summed E-state index contributed by atoms with van der Waals surface area (Å²) in [6.45, 7) is 2.75. The summed E-state index contributed by atoms with van der Waals surface area (Å²) in [6.07, 6.45) is 5.43. The zero-order valence-electron chi connectivity index (χ0n) is 11.1. The van der Waals surface area contributed by atoms with Gasteiger partial charge < -0.3 is 4.90 Å². The molecule has 0 aliphatic carbocycles. The Bertz CT molecular complexity index is 491. The van der Waals surface area contributed by atoms with Gasteiger partial charge >= 0.3 is 0 Å². The van der Waals surface area contributed by atoms with E-state index in [1.165, 1.54) is 0 Å². The van der Waals surface area contributed by atoms with Crippen LogP contribution in [0.2, 0.25) is 0 Å². The molecule has 3 heterocycles. The Morgan fingerprint density at radius 1 is 1.42 bits per heavy atom. The molecule has 0 amide bonds. The van der Waals surface area contributed by atoms with Crippen LogP contribution < -0.4 is 0 Å². The molecule has 0 radical (unpaired) electrons. The number of H-pyrrole nitrogens is 1. The van der Waals surface area contributed by atoms with Gasteiger partial charge in [-0.25, -0.2) is 4.68 Å². The van der Waals surface area contributed by atoms with Crippen LogP contribution in [0.5, 0.6) is 0 Å². The quantitative estimate of drug-likeness (QED) is 0.791. The highest BCUT2D eigenvalue weighted by atomic mass is 15.5. The minimum absolute atomic E-state index is 0.324. The molecule has 0 spiro atoms. The first-order valence-corrected chi connectivity index (χ1v) is 6.33. The minimum Gasteiger partial charge on any atom is -0.303 e. The Hall–Kier alpha value is -1.80. The fraction of sp³-hybridized carbons (Fsp3) is 0.636. The summed E-state index contributed by atoms with van der Waals surface area (Å²) in [5.74, 6) is 0. The summed E-state index contributed by atoms with van der Waals surface area (Å²) in [7, 11) is 4.21. The van der Waals surface area contributed by atoms with E-state index >= 15 is 0 Å². The third kappa shape index (κ3) is 2.49. The lowest BCUT2D eigenvalue weighted by molar-refractivity contribution is 0.237. The molecular formula is C11H18N8. The molecule has 1 aliphatic heterocycles. The molecule has 3 rings (SSSR count). The van der Waals surface area contributed by atoms with Gasteiger partial charge in [0.1, 0.15) is 0 Å². The van der Waals surface area contributed by atoms with Gasteiger partial charge in [-0.1, -0.05) is 5.21 Å². The molecule has 0 bridgehead atoms. The molecule has 8 nitrogen and oxygen atoms in total. The van der Waals surface area contributed by atoms with E-state index < -0.39 is 0 Å². The number of hydrogen-bond donors (Lipinski definition) is 1. The number of aromatic nitrogens is 6. The normalized spacial score (nSPS) is 24.4. The summed E-state index contributed by atoms with van der Waals surface area (Å²) in [5, 5.41) is 18.7. The van der Waals surface area contributed by atoms with Crippen molar-refractivity contribution >= 4 is 0 Å². The highest BCUT2D eigenvalue weighted by Crippen LogP contribution is 2.25. The lowest BCUT2D eigenvalue weighted by atomic mass is 10.1. The number of likely N-dealkylation sites (N-methyl/N-ethyl adjacent to an activating group) is 1. The maximum absolute atomic E-state index is 4.14. The van der Waals surface area contributed by atoms with Crippen LogP contribution in [-0.4, -0.2) is 73.4 Å². The Balaban J connectivity index is 1.73. The zero-order chi connectivity index (χ0) is 13.2. The monoisotopic (exact) mass is 262 g/mol. The predicted molar refractivity (Wildman–Crippen MR) is 68.2 cm³/mol. The van der Waals surface area contributed by atoms with Crippen molar-refractivity contribution in [2.24, 2.45) is 0 Å². The van der Waals surface area contributed by atoms with E-state index in [1.807, 2.05) is 10.9 Å². The summed E-state index contributed by atoms with van der Waals surface area (Å²) in [5.41, 5.74) is 0.969. The Morgan fingerprint density at radius 3 is 2.95 bits per heavy atom. The molecule has 2 aromatic heterocycles. The number of hydrogen-bond acceptors (Lipinski definition) is 6. The Labute approximate surface area is 111 Å². The fourth-order valence-electron chi connectivity index (χ4n) is 2.67. The fourth-order valence-corrected chi connectivity index (χ4v) is 2.67. The average molecular weight is 262 g/mol. The molecule has 0 aromatic carbocycles. The number of nitrogens with one attached hydrogen (secondary N) is 1. The number of aromatic amines is 1. The van der Waals surface area contributed by atoms with Crippen molar-refractivity contribution in [3.63, 3.8) is 0 Å². The highest BCUT2D eigenvalue weighted by molar-refractivity contribution is 4.97. The maximum Gasteiger partial charge on any atom is 0.0964 e. The van der Waals surface area contributed by atoms with E-state index in [9.17, 15) is 0 Å². The molecular weight excluding hydrogens is 244 g/mol. The first-order chi connectivity index (χ1) is 9.24. The lowest BCUT2D eigenvalue weighted by Gasteiger charge is -2.24. The van der Waals surface area contributed by atoms with Crippen LogP contribution in [0, 0.1) is 0 Å². The number of nitrogens with zero attached hydrogens (tertiary/aromatic N) is 7. The van der Waals surface area contributed by atoms with E-state index in [0.717, 1.165) is 25.3 Å². The van der Waals surface area contributed by atoms with Crippen LogP contribution in [0.25, 0.3) is 0 Å². The van der Waals surface area contributed by atoms with Crippen molar-refractivity contribution in [1.82, 2.24) is 40.2 Å². The van der Waals surface area contributed by atoms with Crippen molar-refractivity contribution in [3.8, 4) is 0 Å². The molecule has 1 aliphatic rings. The van der Waals surface area contributed by atoms with E-state index in [2.05, 4.69) is 49.6 Å². The SMILES string of the molecule is CN(C)[C@@H]1CN(Cc2cn[nH]n2)C[C@@H]1n1ccnn1. The van der Waals surface area contributed by atoms with Crippen molar-refractivity contribution < 1.29 is 0 Å². The maximum atomic E-state index is 4.14. The average Bonchev–Trinajstić information content (AvgIpc) is 3.09. The summed E-state index contributed by atoms with van der Waals surface area (Å²) < 4.78 is 1.95. The van der Waals surface area contributed by atoms with Crippen LogP contribution in [0.15, 0.2) is 18.6 Å². The van der Waals surface area contributed by atoms with Gasteiger partial charge in [-0.05, 0) is 14.1 Å². The van der Waals surface area contributed by atoms with E-state index in [-0.39, 0.29) is 0 Å². The molecule has 19 heavy (non-hydrogen) atoms. The van der Waals surface area contributed by atoms with E-state index in [1.54, 1.807) is 12.4 Å². The number of likely N-dealkylation sites (tertiary alicyclic amines) is 1. The van der Waals surface area contributed by atoms with Gasteiger partial charge in [0.15, 0.2) is 0 Å². The van der Waals surface area contributed by atoms with E-state index in [4.69, 9.17) is 0 Å². The second-order valence-corrected chi connectivity index (χ2v) is 5.14. The predicted octanol–water partition coefficient (Wildman–Crippen LogP) is -0.617. The van der Waals surface area contributed by atoms with Crippen LogP contribution in [0.3, 0.4) is 0 Å². The minimum atomic E-state index is 0.324. The molecule has 1 fully saturated rings. The third-order valence-electron chi connectivity index (χ3n) is 3.63. The van der Waals surface area contributed by atoms with Crippen LogP contribution in [-0.2, 0) is 6.54 Å². The lowest BCUT2D eigenvalue weighted by Crippen LogP contribution is -2.36. The largest absolute Gasteiger partial charge is 0.303 e. The first kappa shape index (κ1) is 12.2. The first-order valence-electron chi connectivity index (χ1n) is 6.33. The van der Waals surface area contributed by atoms with Crippen molar-refractivity contribution in [2.45, 2.75) is 18.6 Å². The van der Waals surface area contributed by atoms with Crippen molar-refractivity contribution in [3.05, 3.63) is 24.3 Å². The van der Waals surface area contributed by atoms with Gasteiger partial charge in [0.25, 0.3) is 0 Å². The molecule has 1 saturated heterocycles. The zero-order valence-corrected chi connectivity index (χ0v) is 11.1. The Kier molecular flexibility index (Phi) is 3.26. The van der Waals surface area contributed by atoms with Gasteiger partial charge in [-0.3, -0.25) is 4.90 Å². The molecule has 102 valence electrons. The van der Waals surface area contributed by atoms with Gasteiger partial charge in [0, 0.05) is 31.9 Å². The summed E-state index contributed by atoms with van der Waals surface area (Å²) in [6, 6.07) is 0.748. The van der Waals surface area contributed by atoms with Gasteiger partial charge in [-0.15, -0.1) is 5.10 Å².